The number of aliphatic carboxylic acids is 1. The Bertz CT molecular complexity index is 379. The largest absolute Gasteiger partial charge is 0.475 e. The van der Waals surface area contributed by atoms with Crippen LogP contribution in [-0.2, 0) is 4.79 Å². The molecule has 1 aromatic rings. The summed E-state index contributed by atoms with van der Waals surface area (Å²) in [6.45, 7) is 5.35. The van der Waals surface area contributed by atoms with E-state index in [2.05, 4.69) is 5.10 Å². The minimum atomic E-state index is -1.45. The lowest BCUT2D eigenvalue weighted by molar-refractivity contribution is -0.131. The van der Waals surface area contributed by atoms with Crippen LogP contribution in [0.25, 0.3) is 0 Å². The number of carboxylic acid groups (broad SMARTS) is 1. The van der Waals surface area contributed by atoms with Crippen molar-refractivity contribution in [2.45, 2.75) is 26.8 Å². The van der Waals surface area contributed by atoms with Crippen LogP contribution in [-0.4, -0.2) is 26.6 Å². The van der Waals surface area contributed by atoms with Gasteiger partial charge in [-0.1, -0.05) is 0 Å². The molecule has 0 unspecified atom stereocenters. The lowest BCUT2D eigenvalue weighted by Gasteiger charge is -2.08. The van der Waals surface area contributed by atoms with Crippen LogP contribution in [0.4, 0.5) is 0 Å². The molecule has 0 spiro atoms. The van der Waals surface area contributed by atoms with Crippen molar-refractivity contribution >= 4 is 11.8 Å². The maximum atomic E-state index is 11.3. The monoisotopic (exact) mass is 196 g/mol. The van der Waals surface area contributed by atoms with Crippen LogP contribution < -0.4 is 0 Å². The summed E-state index contributed by atoms with van der Waals surface area (Å²) < 4.78 is 1.42. The first kappa shape index (κ1) is 10.4. The summed E-state index contributed by atoms with van der Waals surface area (Å²) in [5.74, 6) is -2.36. The first-order valence-electron chi connectivity index (χ1n) is 4.27. The summed E-state index contributed by atoms with van der Waals surface area (Å²) in [6, 6.07) is -0.0259. The normalized spacial score (nSPS) is 10.6. The summed E-state index contributed by atoms with van der Waals surface area (Å²) in [7, 11) is 0. The number of carboxylic acids is 1. The molecule has 0 aliphatic carbocycles. The number of aryl methyl sites for hydroxylation is 1. The van der Waals surface area contributed by atoms with Gasteiger partial charge in [-0.15, -0.1) is 0 Å². The topological polar surface area (TPSA) is 72.2 Å². The second kappa shape index (κ2) is 3.61. The van der Waals surface area contributed by atoms with Crippen molar-refractivity contribution < 1.29 is 14.7 Å². The summed E-state index contributed by atoms with van der Waals surface area (Å²) in [4.78, 5) is 21.8. The van der Waals surface area contributed by atoms with Gasteiger partial charge in [-0.25, -0.2) is 4.79 Å². The number of hydrogen-bond donors (Lipinski definition) is 1. The van der Waals surface area contributed by atoms with Gasteiger partial charge in [-0.05, 0) is 26.3 Å². The van der Waals surface area contributed by atoms with Crippen molar-refractivity contribution in [2.24, 2.45) is 0 Å². The quantitative estimate of drug-likeness (QED) is 0.579. The molecule has 0 aliphatic heterocycles. The number of ketones is 1. The standard InChI is InChI=1S/C9H12N2O3/c1-5(2)11-7(6(3)4-10-11)8(12)9(13)14/h4-5H,1-3H3,(H,13,14). The molecule has 0 aliphatic rings. The minimum absolute atomic E-state index is 0.0259. The fourth-order valence-corrected chi connectivity index (χ4v) is 1.22. The van der Waals surface area contributed by atoms with Crippen LogP contribution in [0.2, 0.25) is 0 Å². The number of carbonyl (C=O) groups is 2. The zero-order valence-corrected chi connectivity index (χ0v) is 8.31. The molecule has 1 aromatic heterocycles. The fraction of sp³-hybridized carbons (Fsp3) is 0.444. The Hall–Kier alpha value is -1.65. The van der Waals surface area contributed by atoms with E-state index in [1.54, 1.807) is 6.92 Å². The van der Waals surface area contributed by atoms with Crippen molar-refractivity contribution in [3.05, 3.63) is 17.5 Å². The summed E-state index contributed by atoms with van der Waals surface area (Å²) in [6.07, 6.45) is 1.50. The van der Waals surface area contributed by atoms with Crippen molar-refractivity contribution in [3.63, 3.8) is 0 Å². The zero-order chi connectivity index (χ0) is 10.9. The second-order valence-corrected chi connectivity index (χ2v) is 3.35. The Morgan fingerprint density at radius 2 is 2.07 bits per heavy atom. The van der Waals surface area contributed by atoms with Crippen LogP contribution in [0, 0.1) is 6.92 Å². The van der Waals surface area contributed by atoms with E-state index >= 15 is 0 Å². The third kappa shape index (κ3) is 1.66. The Balaban J connectivity index is 3.24. The molecule has 1 heterocycles. The molecule has 0 radical (unpaired) electrons. The van der Waals surface area contributed by atoms with Gasteiger partial charge in [-0.2, -0.15) is 5.10 Å². The highest BCUT2D eigenvalue weighted by atomic mass is 16.4. The maximum absolute atomic E-state index is 11.3. The average molecular weight is 196 g/mol. The number of aromatic nitrogens is 2. The molecule has 0 fully saturated rings. The predicted molar refractivity (Wildman–Crippen MR) is 49.3 cm³/mol. The molecule has 5 heteroatoms. The molecule has 76 valence electrons. The van der Waals surface area contributed by atoms with Crippen molar-refractivity contribution in [3.8, 4) is 0 Å². The Kier molecular flexibility index (Phi) is 2.69. The lowest BCUT2D eigenvalue weighted by Crippen LogP contribution is -2.20. The van der Waals surface area contributed by atoms with Crippen molar-refractivity contribution in [1.29, 1.82) is 0 Å². The predicted octanol–water partition coefficient (Wildman–Crippen LogP) is 1.04. The molecule has 0 bridgehead atoms. The van der Waals surface area contributed by atoms with Gasteiger partial charge in [0.15, 0.2) is 0 Å². The highest BCUT2D eigenvalue weighted by Crippen LogP contribution is 2.13. The fourth-order valence-electron chi connectivity index (χ4n) is 1.22. The van der Waals surface area contributed by atoms with Gasteiger partial charge in [0.25, 0.3) is 5.78 Å². The molecule has 1 rings (SSSR count). The molecule has 0 aromatic carbocycles. The first-order chi connectivity index (χ1) is 6.45. The molecule has 0 atom stereocenters. The van der Waals surface area contributed by atoms with Crippen LogP contribution in [0.5, 0.6) is 0 Å². The molecule has 0 saturated carbocycles. The van der Waals surface area contributed by atoms with E-state index in [1.165, 1.54) is 10.9 Å². The highest BCUT2D eigenvalue weighted by molar-refractivity contribution is 6.39. The molecule has 14 heavy (non-hydrogen) atoms. The van der Waals surface area contributed by atoms with E-state index in [-0.39, 0.29) is 11.7 Å². The second-order valence-electron chi connectivity index (χ2n) is 3.35. The van der Waals surface area contributed by atoms with E-state index < -0.39 is 11.8 Å². The number of rotatable bonds is 3. The van der Waals surface area contributed by atoms with E-state index in [0.717, 1.165) is 0 Å². The first-order valence-corrected chi connectivity index (χ1v) is 4.27. The van der Waals surface area contributed by atoms with Gasteiger partial charge in [-0.3, -0.25) is 9.48 Å². The number of carbonyl (C=O) groups excluding carboxylic acids is 1. The van der Waals surface area contributed by atoms with Crippen LogP contribution in [0.3, 0.4) is 0 Å². The van der Waals surface area contributed by atoms with Gasteiger partial charge >= 0.3 is 5.97 Å². The SMILES string of the molecule is Cc1cnn(C(C)C)c1C(=O)C(=O)O. The van der Waals surface area contributed by atoms with Gasteiger partial charge in [0.05, 0.1) is 6.20 Å². The Morgan fingerprint density at radius 3 is 2.50 bits per heavy atom. The number of Topliss-reactive ketones (excluding diaryl/α,β-unsaturated/α-hetero) is 1. The van der Waals surface area contributed by atoms with Crippen LogP contribution in [0.1, 0.15) is 35.9 Å². The van der Waals surface area contributed by atoms with E-state index in [1.807, 2.05) is 13.8 Å². The molecule has 0 amide bonds. The van der Waals surface area contributed by atoms with Gasteiger partial charge < -0.3 is 5.11 Å². The highest BCUT2D eigenvalue weighted by Gasteiger charge is 2.23. The number of nitrogens with zero attached hydrogens (tertiary/aromatic N) is 2. The molecule has 5 nitrogen and oxygen atoms in total. The third-order valence-electron chi connectivity index (χ3n) is 1.88. The average Bonchev–Trinajstić information content (AvgIpc) is 2.45. The molecule has 1 N–H and O–H groups in total. The van der Waals surface area contributed by atoms with Gasteiger partial charge in [0.2, 0.25) is 0 Å². The smallest absolute Gasteiger partial charge is 0.378 e. The van der Waals surface area contributed by atoms with Crippen molar-refractivity contribution in [1.82, 2.24) is 9.78 Å². The van der Waals surface area contributed by atoms with Crippen molar-refractivity contribution in [2.75, 3.05) is 0 Å². The van der Waals surface area contributed by atoms with E-state index in [4.69, 9.17) is 5.11 Å². The van der Waals surface area contributed by atoms with E-state index in [9.17, 15) is 9.59 Å². The minimum Gasteiger partial charge on any atom is -0.475 e. The molecular formula is C9H12N2O3. The Labute approximate surface area is 81.3 Å². The molecule has 0 saturated heterocycles. The zero-order valence-electron chi connectivity index (χ0n) is 8.31. The number of hydrogen-bond acceptors (Lipinski definition) is 3. The van der Waals surface area contributed by atoms with Crippen LogP contribution >= 0.6 is 0 Å². The lowest BCUT2D eigenvalue weighted by atomic mass is 10.2. The summed E-state index contributed by atoms with van der Waals surface area (Å²) >= 11 is 0. The summed E-state index contributed by atoms with van der Waals surface area (Å²) in [5, 5.41) is 12.5. The van der Waals surface area contributed by atoms with E-state index in [0.29, 0.717) is 5.56 Å². The third-order valence-corrected chi connectivity index (χ3v) is 1.88. The van der Waals surface area contributed by atoms with Gasteiger partial charge in [0, 0.05) is 6.04 Å². The van der Waals surface area contributed by atoms with Gasteiger partial charge in [0.1, 0.15) is 5.69 Å². The van der Waals surface area contributed by atoms with Crippen LogP contribution in [0.15, 0.2) is 6.20 Å². The maximum Gasteiger partial charge on any atom is 0.378 e. The summed E-state index contributed by atoms with van der Waals surface area (Å²) in [5.41, 5.74) is 0.749. The Morgan fingerprint density at radius 1 is 1.50 bits per heavy atom. The molecular weight excluding hydrogens is 184 g/mol.